The SMILES string of the molecule is CCOc1ccc(N2C(=O)[C@H](CC(=O)Nc3ccccc3)N(CCc3cccs3)C2=S)cc1. The van der Waals surface area contributed by atoms with E-state index < -0.39 is 6.04 Å². The van der Waals surface area contributed by atoms with Crippen molar-refractivity contribution >= 4 is 51.9 Å². The summed E-state index contributed by atoms with van der Waals surface area (Å²) >= 11 is 7.40. The molecule has 4 rings (SSSR count). The minimum absolute atomic E-state index is 0.0197. The first-order chi connectivity index (χ1) is 16.1. The molecule has 0 bridgehead atoms. The first-order valence-corrected chi connectivity index (χ1v) is 12.1. The highest BCUT2D eigenvalue weighted by Gasteiger charge is 2.43. The largest absolute Gasteiger partial charge is 0.494 e. The number of benzene rings is 2. The molecule has 8 heteroatoms. The van der Waals surface area contributed by atoms with Gasteiger partial charge in [-0.1, -0.05) is 24.3 Å². The van der Waals surface area contributed by atoms with Crippen LogP contribution in [-0.4, -0.2) is 41.0 Å². The maximum atomic E-state index is 13.5. The predicted octanol–water partition coefficient (Wildman–Crippen LogP) is 4.72. The van der Waals surface area contributed by atoms with Crippen LogP contribution in [0.25, 0.3) is 0 Å². The molecule has 1 saturated heterocycles. The number of hydrogen-bond acceptors (Lipinski definition) is 5. The van der Waals surface area contributed by atoms with Crippen LogP contribution < -0.4 is 15.0 Å². The summed E-state index contributed by atoms with van der Waals surface area (Å²) in [5, 5.41) is 5.32. The lowest BCUT2D eigenvalue weighted by molar-refractivity contribution is -0.124. The maximum absolute atomic E-state index is 13.5. The highest BCUT2D eigenvalue weighted by molar-refractivity contribution is 7.80. The Bertz CT molecular complexity index is 1100. The van der Waals surface area contributed by atoms with Crippen molar-refractivity contribution in [2.75, 3.05) is 23.4 Å². The van der Waals surface area contributed by atoms with Crippen molar-refractivity contribution in [3.8, 4) is 5.75 Å². The molecule has 2 amide bonds. The Morgan fingerprint density at radius 1 is 1.09 bits per heavy atom. The van der Waals surface area contributed by atoms with Gasteiger partial charge < -0.3 is 15.0 Å². The molecule has 2 aromatic carbocycles. The van der Waals surface area contributed by atoms with Gasteiger partial charge in [0.2, 0.25) is 5.91 Å². The van der Waals surface area contributed by atoms with E-state index in [1.54, 1.807) is 11.3 Å². The van der Waals surface area contributed by atoms with Gasteiger partial charge in [0.05, 0.1) is 18.7 Å². The third-order valence-corrected chi connectivity index (χ3v) is 6.69. The monoisotopic (exact) mass is 479 g/mol. The molecule has 1 aliphatic heterocycles. The Hall–Kier alpha value is -3.23. The van der Waals surface area contributed by atoms with Gasteiger partial charge in [-0.2, -0.15) is 0 Å². The smallest absolute Gasteiger partial charge is 0.256 e. The molecule has 0 unspecified atom stereocenters. The van der Waals surface area contributed by atoms with Crippen molar-refractivity contribution in [3.05, 3.63) is 77.0 Å². The van der Waals surface area contributed by atoms with Gasteiger partial charge in [0.15, 0.2) is 5.11 Å². The van der Waals surface area contributed by atoms with Gasteiger partial charge in [-0.3, -0.25) is 14.5 Å². The van der Waals surface area contributed by atoms with Gasteiger partial charge in [0, 0.05) is 17.1 Å². The van der Waals surface area contributed by atoms with Crippen LogP contribution in [0.4, 0.5) is 11.4 Å². The van der Waals surface area contributed by atoms with Crippen molar-refractivity contribution in [1.29, 1.82) is 0 Å². The number of para-hydroxylation sites is 1. The maximum Gasteiger partial charge on any atom is 0.256 e. The molecular weight excluding hydrogens is 454 g/mol. The van der Waals surface area contributed by atoms with Crippen molar-refractivity contribution in [3.63, 3.8) is 0 Å². The molecule has 1 N–H and O–H groups in total. The summed E-state index contributed by atoms with van der Waals surface area (Å²) in [6.07, 6.45) is 0.769. The average molecular weight is 480 g/mol. The molecule has 33 heavy (non-hydrogen) atoms. The van der Waals surface area contributed by atoms with E-state index in [2.05, 4.69) is 11.4 Å². The van der Waals surface area contributed by atoms with Crippen molar-refractivity contribution < 1.29 is 14.3 Å². The molecule has 3 aromatic rings. The lowest BCUT2D eigenvalue weighted by Gasteiger charge is -2.23. The zero-order chi connectivity index (χ0) is 23.2. The van der Waals surface area contributed by atoms with E-state index in [9.17, 15) is 9.59 Å². The number of rotatable bonds is 9. The molecule has 0 saturated carbocycles. The second kappa shape index (κ2) is 10.6. The quantitative estimate of drug-likeness (QED) is 0.450. The number of carbonyl (C=O) groups excluding carboxylic acids is 2. The number of carbonyl (C=O) groups is 2. The number of ether oxygens (including phenoxy) is 1. The van der Waals surface area contributed by atoms with E-state index in [0.29, 0.717) is 29.6 Å². The van der Waals surface area contributed by atoms with Crippen LogP contribution in [0.1, 0.15) is 18.2 Å². The molecule has 6 nitrogen and oxygen atoms in total. The number of anilines is 2. The predicted molar refractivity (Wildman–Crippen MR) is 136 cm³/mol. The Kier molecular flexibility index (Phi) is 7.36. The lowest BCUT2D eigenvalue weighted by Crippen LogP contribution is -2.39. The second-order valence-electron chi connectivity index (χ2n) is 7.54. The normalized spacial score (nSPS) is 15.7. The zero-order valence-electron chi connectivity index (χ0n) is 18.3. The number of thiocarbonyl (C=S) groups is 1. The Labute approximate surface area is 202 Å². The summed E-state index contributed by atoms with van der Waals surface area (Å²) in [5.74, 6) is 0.308. The van der Waals surface area contributed by atoms with Crippen LogP contribution in [0, 0.1) is 0 Å². The molecule has 170 valence electrons. The number of hydrogen-bond donors (Lipinski definition) is 1. The zero-order valence-corrected chi connectivity index (χ0v) is 19.9. The van der Waals surface area contributed by atoms with Crippen LogP contribution in [-0.2, 0) is 16.0 Å². The average Bonchev–Trinajstić information content (AvgIpc) is 3.41. The summed E-state index contributed by atoms with van der Waals surface area (Å²) in [6.45, 7) is 3.04. The molecular formula is C25H25N3O3S2. The Balaban J connectivity index is 1.54. The summed E-state index contributed by atoms with van der Waals surface area (Å²) in [5.41, 5.74) is 1.37. The van der Waals surface area contributed by atoms with Crippen molar-refractivity contribution in [2.45, 2.75) is 25.8 Å². The molecule has 0 radical (unpaired) electrons. The van der Waals surface area contributed by atoms with Gasteiger partial charge in [-0.15, -0.1) is 11.3 Å². The number of amides is 2. The number of nitrogens with one attached hydrogen (secondary N) is 1. The molecule has 1 atom stereocenters. The van der Waals surface area contributed by atoms with Crippen LogP contribution in [0.15, 0.2) is 72.1 Å². The molecule has 1 fully saturated rings. The molecule has 1 aromatic heterocycles. The van der Waals surface area contributed by atoms with Gasteiger partial charge >= 0.3 is 0 Å². The van der Waals surface area contributed by atoms with E-state index >= 15 is 0 Å². The first kappa shape index (κ1) is 22.9. The van der Waals surface area contributed by atoms with Gasteiger partial charge in [-0.25, -0.2) is 0 Å². The third-order valence-electron chi connectivity index (χ3n) is 5.34. The van der Waals surface area contributed by atoms with Crippen LogP contribution in [0.2, 0.25) is 0 Å². The first-order valence-electron chi connectivity index (χ1n) is 10.8. The van der Waals surface area contributed by atoms with E-state index in [-0.39, 0.29) is 18.2 Å². The highest BCUT2D eigenvalue weighted by Crippen LogP contribution is 2.29. The lowest BCUT2D eigenvalue weighted by atomic mass is 10.1. The third kappa shape index (κ3) is 5.40. The minimum Gasteiger partial charge on any atom is -0.494 e. The fraction of sp³-hybridized carbons (Fsp3) is 0.240. The van der Waals surface area contributed by atoms with Crippen LogP contribution in [0.3, 0.4) is 0 Å². The Morgan fingerprint density at radius 3 is 2.52 bits per heavy atom. The van der Waals surface area contributed by atoms with E-state index in [1.165, 1.54) is 9.78 Å². The van der Waals surface area contributed by atoms with Gasteiger partial charge in [0.1, 0.15) is 11.8 Å². The van der Waals surface area contributed by atoms with Crippen molar-refractivity contribution in [1.82, 2.24) is 4.90 Å². The fourth-order valence-corrected chi connectivity index (χ4v) is 4.89. The van der Waals surface area contributed by atoms with Crippen LogP contribution >= 0.6 is 23.6 Å². The van der Waals surface area contributed by atoms with E-state index in [1.807, 2.05) is 77.9 Å². The minimum atomic E-state index is -0.659. The van der Waals surface area contributed by atoms with E-state index in [4.69, 9.17) is 17.0 Å². The summed E-state index contributed by atoms with van der Waals surface area (Å²) in [7, 11) is 0. The number of nitrogens with zero attached hydrogens (tertiary/aromatic N) is 2. The number of thiophene rings is 1. The summed E-state index contributed by atoms with van der Waals surface area (Å²) in [6, 6.07) is 19.9. The van der Waals surface area contributed by atoms with Gasteiger partial charge in [0.25, 0.3) is 5.91 Å². The summed E-state index contributed by atoms with van der Waals surface area (Å²) in [4.78, 5) is 30.9. The highest BCUT2D eigenvalue weighted by atomic mass is 32.1. The molecule has 2 heterocycles. The van der Waals surface area contributed by atoms with Crippen LogP contribution in [0.5, 0.6) is 5.75 Å². The Morgan fingerprint density at radius 2 is 1.85 bits per heavy atom. The van der Waals surface area contributed by atoms with Gasteiger partial charge in [-0.05, 0) is 73.4 Å². The summed E-state index contributed by atoms with van der Waals surface area (Å²) < 4.78 is 5.51. The topological polar surface area (TPSA) is 61.9 Å². The standard InChI is InChI=1S/C25H25N3O3S2/c1-2-31-20-12-10-19(11-13-20)28-24(30)22(17-23(29)26-18-7-4-3-5-8-18)27(25(28)32)15-14-21-9-6-16-33-21/h3-13,16,22H,2,14-15,17H2,1H3,(H,26,29)/t22-/m0/s1. The van der Waals surface area contributed by atoms with Crippen molar-refractivity contribution in [2.24, 2.45) is 0 Å². The fourth-order valence-electron chi connectivity index (χ4n) is 3.78. The second-order valence-corrected chi connectivity index (χ2v) is 8.94. The van der Waals surface area contributed by atoms with E-state index in [0.717, 1.165) is 12.2 Å². The molecule has 0 spiro atoms. The molecule has 0 aliphatic carbocycles. The molecule has 1 aliphatic rings.